The van der Waals surface area contributed by atoms with E-state index in [2.05, 4.69) is 41.6 Å². The molecular formula is C15H19ClN2O. The van der Waals surface area contributed by atoms with Gasteiger partial charge >= 0.3 is 0 Å². The van der Waals surface area contributed by atoms with E-state index < -0.39 is 0 Å². The summed E-state index contributed by atoms with van der Waals surface area (Å²) < 4.78 is 7.98. The molecule has 1 aliphatic rings. The van der Waals surface area contributed by atoms with Crippen molar-refractivity contribution in [3.63, 3.8) is 0 Å². The zero-order valence-corrected chi connectivity index (χ0v) is 12.2. The van der Waals surface area contributed by atoms with Gasteiger partial charge in [-0.1, -0.05) is 6.07 Å². The summed E-state index contributed by atoms with van der Waals surface area (Å²) in [5.74, 6) is 1.43. The van der Waals surface area contributed by atoms with Crippen LogP contribution in [0.15, 0.2) is 18.2 Å². The molecular weight excluding hydrogens is 260 g/mol. The third-order valence-electron chi connectivity index (χ3n) is 3.86. The van der Waals surface area contributed by atoms with Crippen molar-refractivity contribution in [1.82, 2.24) is 9.55 Å². The topological polar surface area (TPSA) is 27.1 Å². The molecule has 2 aromatic rings. The van der Waals surface area contributed by atoms with Crippen molar-refractivity contribution in [3.05, 3.63) is 29.6 Å². The fourth-order valence-corrected chi connectivity index (χ4v) is 3.15. The zero-order chi connectivity index (χ0) is 13.4. The number of hydrogen-bond acceptors (Lipinski definition) is 2. The second-order valence-electron chi connectivity index (χ2n) is 5.38. The summed E-state index contributed by atoms with van der Waals surface area (Å²) in [6.45, 7) is 5.07. The molecule has 0 N–H and O–H groups in total. The van der Waals surface area contributed by atoms with Crippen LogP contribution in [0.5, 0.6) is 0 Å². The normalized spacial score (nSPS) is 23.9. The first-order valence-electron chi connectivity index (χ1n) is 6.84. The molecule has 1 aliphatic heterocycles. The molecule has 1 aromatic carbocycles. The Labute approximate surface area is 118 Å². The molecule has 0 bridgehead atoms. The number of rotatable bonds is 2. The molecule has 19 heavy (non-hydrogen) atoms. The molecule has 3 nitrogen and oxygen atoms in total. The standard InChI is InChI=1S/C15H19ClN2O/c1-10-3-4-13-14(7-10)18(15(9-16)17-13)12-5-6-19-11(2)8-12/h3-4,7,11-12H,5-6,8-9H2,1-2H3. The Bertz CT molecular complexity index is 593. The number of benzene rings is 1. The largest absolute Gasteiger partial charge is 0.378 e. The van der Waals surface area contributed by atoms with Gasteiger partial charge in [-0.15, -0.1) is 11.6 Å². The van der Waals surface area contributed by atoms with Gasteiger partial charge in [0.1, 0.15) is 5.82 Å². The van der Waals surface area contributed by atoms with Crippen molar-refractivity contribution in [2.45, 2.75) is 44.7 Å². The molecule has 102 valence electrons. The molecule has 2 unspecified atom stereocenters. The second-order valence-corrected chi connectivity index (χ2v) is 5.65. The van der Waals surface area contributed by atoms with Crippen molar-refractivity contribution in [1.29, 1.82) is 0 Å². The van der Waals surface area contributed by atoms with Gasteiger partial charge in [-0.2, -0.15) is 0 Å². The highest BCUT2D eigenvalue weighted by atomic mass is 35.5. The highest BCUT2D eigenvalue weighted by Gasteiger charge is 2.24. The van der Waals surface area contributed by atoms with Crippen LogP contribution in [0, 0.1) is 6.92 Å². The van der Waals surface area contributed by atoms with Gasteiger partial charge in [0.15, 0.2) is 0 Å². The third-order valence-corrected chi connectivity index (χ3v) is 4.10. The zero-order valence-electron chi connectivity index (χ0n) is 11.4. The summed E-state index contributed by atoms with van der Waals surface area (Å²) in [5.41, 5.74) is 3.50. The van der Waals surface area contributed by atoms with E-state index in [1.807, 2.05) is 0 Å². The SMILES string of the molecule is Cc1ccc2nc(CCl)n(C3CCOC(C)C3)c2c1. The summed E-state index contributed by atoms with van der Waals surface area (Å²) in [5, 5.41) is 0. The Morgan fingerprint density at radius 2 is 2.32 bits per heavy atom. The maximum Gasteiger partial charge on any atom is 0.125 e. The van der Waals surface area contributed by atoms with E-state index in [1.54, 1.807) is 0 Å². The molecule has 1 aromatic heterocycles. The highest BCUT2D eigenvalue weighted by Crippen LogP contribution is 2.31. The lowest BCUT2D eigenvalue weighted by molar-refractivity contribution is 0.00633. The fraction of sp³-hybridized carbons (Fsp3) is 0.533. The Kier molecular flexibility index (Phi) is 3.50. The minimum atomic E-state index is 0.309. The van der Waals surface area contributed by atoms with Gasteiger partial charge < -0.3 is 9.30 Å². The average molecular weight is 279 g/mol. The Hall–Kier alpha value is -1.06. The molecule has 0 saturated carbocycles. The van der Waals surface area contributed by atoms with Crippen LogP contribution < -0.4 is 0 Å². The molecule has 0 radical (unpaired) electrons. The molecule has 0 aliphatic carbocycles. The molecule has 3 rings (SSSR count). The lowest BCUT2D eigenvalue weighted by atomic mass is 10.0. The van der Waals surface area contributed by atoms with E-state index in [-0.39, 0.29) is 0 Å². The molecule has 2 atom stereocenters. The number of aryl methyl sites for hydroxylation is 1. The van der Waals surface area contributed by atoms with Crippen LogP contribution >= 0.6 is 11.6 Å². The van der Waals surface area contributed by atoms with Gasteiger partial charge in [0.25, 0.3) is 0 Å². The van der Waals surface area contributed by atoms with E-state index in [9.17, 15) is 0 Å². The fourth-order valence-electron chi connectivity index (χ4n) is 2.96. The van der Waals surface area contributed by atoms with E-state index in [1.165, 1.54) is 11.1 Å². The van der Waals surface area contributed by atoms with Crippen LogP contribution in [-0.2, 0) is 10.6 Å². The van der Waals surface area contributed by atoms with Crippen LogP contribution in [0.25, 0.3) is 11.0 Å². The van der Waals surface area contributed by atoms with Gasteiger partial charge in [0.05, 0.1) is 23.0 Å². The summed E-state index contributed by atoms with van der Waals surface area (Å²) in [6, 6.07) is 6.84. The molecule has 0 amide bonds. The first-order chi connectivity index (χ1) is 9.19. The minimum Gasteiger partial charge on any atom is -0.378 e. The van der Waals surface area contributed by atoms with Gasteiger partial charge in [-0.25, -0.2) is 4.98 Å². The average Bonchev–Trinajstić information content (AvgIpc) is 2.76. The molecule has 4 heteroatoms. The number of aromatic nitrogens is 2. The van der Waals surface area contributed by atoms with E-state index >= 15 is 0 Å². The number of hydrogen-bond donors (Lipinski definition) is 0. The molecule has 1 fully saturated rings. The third kappa shape index (κ3) is 2.37. The first kappa shape index (κ1) is 12.9. The Morgan fingerprint density at radius 3 is 3.05 bits per heavy atom. The van der Waals surface area contributed by atoms with Crippen molar-refractivity contribution in [2.75, 3.05) is 6.61 Å². The molecule has 2 heterocycles. The number of fused-ring (bicyclic) bond motifs is 1. The summed E-state index contributed by atoms with van der Waals surface area (Å²) in [6.07, 6.45) is 2.38. The van der Waals surface area contributed by atoms with Crippen molar-refractivity contribution < 1.29 is 4.74 Å². The number of ether oxygens (including phenoxy) is 1. The van der Waals surface area contributed by atoms with Crippen LogP contribution in [0.2, 0.25) is 0 Å². The lowest BCUT2D eigenvalue weighted by Crippen LogP contribution is -2.26. The summed E-state index contributed by atoms with van der Waals surface area (Å²) >= 11 is 6.08. The van der Waals surface area contributed by atoms with Gasteiger partial charge in [-0.3, -0.25) is 0 Å². The number of alkyl halides is 1. The quantitative estimate of drug-likeness (QED) is 0.781. The number of halogens is 1. The smallest absolute Gasteiger partial charge is 0.125 e. The molecule has 1 saturated heterocycles. The van der Waals surface area contributed by atoms with Crippen molar-refractivity contribution >= 4 is 22.6 Å². The van der Waals surface area contributed by atoms with Gasteiger partial charge in [-0.05, 0) is 44.4 Å². The predicted octanol–water partition coefficient (Wildman–Crippen LogP) is 3.82. The second kappa shape index (κ2) is 5.14. The van der Waals surface area contributed by atoms with Crippen molar-refractivity contribution in [3.8, 4) is 0 Å². The van der Waals surface area contributed by atoms with E-state index in [0.717, 1.165) is 30.8 Å². The monoisotopic (exact) mass is 278 g/mol. The van der Waals surface area contributed by atoms with E-state index in [0.29, 0.717) is 18.0 Å². The maximum absolute atomic E-state index is 6.08. The number of nitrogens with zero attached hydrogens (tertiary/aromatic N) is 2. The maximum atomic E-state index is 6.08. The summed E-state index contributed by atoms with van der Waals surface area (Å²) in [7, 11) is 0. The predicted molar refractivity (Wildman–Crippen MR) is 77.7 cm³/mol. The first-order valence-corrected chi connectivity index (χ1v) is 7.37. The van der Waals surface area contributed by atoms with Gasteiger partial charge in [0, 0.05) is 12.6 Å². The molecule has 0 spiro atoms. The highest BCUT2D eigenvalue weighted by molar-refractivity contribution is 6.16. The van der Waals surface area contributed by atoms with Crippen LogP contribution in [0.4, 0.5) is 0 Å². The summed E-state index contributed by atoms with van der Waals surface area (Å²) in [4.78, 5) is 4.66. The minimum absolute atomic E-state index is 0.309. The number of imidazole rings is 1. The van der Waals surface area contributed by atoms with Crippen molar-refractivity contribution in [2.24, 2.45) is 0 Å². The van der Waals surface area contributed by atoms with Crippen LogP contribution in [0.3, 0.4) is 0 Å². The Balaban J connectivity index is 2.11. The van der Waals surface area contributed by atoms with Crippen LogP contribution in [-0.4, -0.2) is 22.3 Å². The Morgan fingerprint density at radius 1 is 1.47 bits per heavy atom. The van der Waals surface area contributed by atoms with Gasteiger partial charge in [0.2, 0.25) is 0 Å². The van der Waals surface area contributed by atoms with E-state index in [4.69, 9.17) is 16.3 Å². The lowest BCUT2D eigenvalue weighted by Gasteiger charge is -2.29. The van der Waals surface area contributed by atoms with Crippen LogP contribution in [0.1, 0.15) is 37.2 Å².